The van der Waals surface area contributed by atoms with Crippen molar-refractivity contribution in [3.63, 3.8) is 0 Å². The van der Waals surface area contributed by atoms with Gasteiger partial charge in [0.2, 0.25) is 0 Å². The molecule has 0 unspecified atom stereocenters. The number of nitrogens with one attached hydrogen (secondary N) is 2. The minimum absolute atomic E-state index is 0.123. The van der Waals surface area contributed by atoms with E-state index in [1.54, 1.807) is 23.4 Å². The Morgan fingerprint density at radius 3 is 2.86 bits per heavy atom. The average molecular weight is 385 g/mol. The summed E-state index contributed by atoms with van der Waals surface area (Å²) in [5.41, 5.74) is 0.749. The van der Waals surface area contributed by atoms with Crippen molar-refractivity contribution in [2.75, 3.05) is 32.8 Å². The standard InChI is InChI=1S/C19H23N5O4/c1-19(9-27-10-19)28-18(26)24-7-14-13(15(14)8-24)2-3-20-17(25)12-4-11-6-22-23-16(11)21-5-12/h4-6,13-15H,2-3,7-10H2,1H3,(H,20,25)(H,21,22,23)/t13-,14-,15+. The van der Waals surface area contributed by atoms with Crippen LogP contribution in [0.3, 0.4) is 0 Å². The van der Waals surface area contributed by atoms with E-state index in [1.807, 2.05) is 6.92 Å². The summed E-state index contributed by atoms with van der Waals surface area (Å²) in [6.07, 6.45) is 3.90. The van der Waals surface area contributed by atoms with Gasteiger partial charge in [-0.05, 0) is 37.2 Å². The molecule has 2 amide bonds. The van der Waals surface area contributed by atoms with Crippen LogP contribution in [0.25, 0.3) is 11.0 Å². The summed E-state index contributed by atoms with van der Waals surface area (Å²) in [4.78, 5) is 30.5. The second-order valence-electron chi connectivity index (χ2n) is 8.28. The van der Waals surface area contributed by atoms with Gasteiger partial charge in [-0.2, -0.15) is 5.10 Å². The Morgan fingerprint density at radius 1 is 1.36 bits per heavy atom. The van der Waals surface area contributed by atoms with Crippen LogP contribution in [0.5, 0.6) is 0 Å². The van der Waals surface area contributed by atoms with Gasteiger partial charge in [-0.1, -0.05) is 0 Å². The molecule has 0 bridgehead atoms. The number of likely N-dealkylation sites (tertiary alicyclic amines) is 1. The number of ether oxygens (including phenoxy) is 2. The molecule has 4 heterocycles. The first kappa shape index (κ1) is 17.4. The van der Waals surface area contributed by atoms with Crippen molar-refractivity contribution < 1.29 is 19.1 Å². The van der Waals surface area contributed by atoms with Crippen LogP contribution in [-0.4, -0.2) is 70.5 Å². The van der Waals surface area contributed by atoms with E-state index in [1.165, 1.54) is 0 Å². The van der Waals surface area contributed by atoms with E-state index in [9.17, 15) is 9.59 Å². The lowest BCUT2D eigenvalue weighted by atomic mass is 10.1. The normalized spacial score (nSPS) is 27.2. The van der Waals surface area contributed by atoms with Gasteiger partial charge >= 0.3 is 6.09 Å². The lowest BCUT2D eigenvalue weighted by Gasteiger charge is -2.38. The largest absolute Gasteiger partial charge is 0.438 e. The molecule has 3 atom stereocenters. The Labute approximate surface area is 161 Å². The minimum Gasteiger partial charge on any atom is -0.438 e. The lowest BCUT2D eigenvalue weighted by Crippen LogP contribution is -2.52. The maximum atomic E-state index is 12.3. The topological polar surface area (TPSA) is 109 Å². The number of nitrogens with zero attached hydrogens (tertiary/aromatic N) is 3. The highest BCUT2D eigenvalue weighted by Gasteiger charge is 2.56. The van der Waals surface area contributed by atoms with Crippen molar-refractivity contribution in [3.05, 3.63) is 24.0 Å². The summed E-state index contributed by atoms with van der Waals surface area (Å²) in [7, 11) is 0. The smallest absolute Gasteiger partial charge is 0.410 e. The molecule has 2 saturated heterocycles. The molecule has 2 aromatic rings. The number of amides is 2. The van der Waals surface area contributed by atoms with Crippen LogP contribution in [0.4, 0.5) is 4.79 Å². The van der Waals surface area contributed by atoms with Crippen LogP contribution in [0, 0.1) is 17.8 Å². The summed E-state index contributed by atoms with van der Waals surface area (Å²) in [6, 6.07) is 1.78. The van der Waals surface area contributed by atoms with Crippen molar-refractivity contribution in [1.82, 2.24) is 25.4 Å². The number of hydrogen-bond donors (Lipinski definition) is 2. The number of aromatic nitrogens is 3. The van der Waals surface area contributed by atoms with Gasteiger partial charge in [-0.3, -0.25) is 9.89 Å². The summed E-state index contributed by atoms with van der Waals surface area (Å²) < 4.78 is 10.7. The third-order valence-corrected chi connectivity index (χ3v) is 6.09. The molecule has 9 nitrogen and oxygen atoms in total. The highest BCUT2D eigenvalue weighted by atomic mass is 16.6. The van der Waals surface area contributed by atoms with E-state index in [2.05, 4.69) is 20.5 Å². The Morgan fingerprint density at radius 2 is 2.14 bits per heavy atom. The molecule has 0 radical (unpaired) electrons. The van der Waals surface area contributed by atoms with E-state index in [4.69, 9.17) is 9.47 Å². The fourth-order valence-electron chi connectivity index (χ4n) is 4.37. The molecule has 9 heteroatoms. The second kappa shape index (κ2) is 6.44. The van der Waals surface area contributed by atoms with Crippen LogP contribution in [0.15, 0.2) is 18.5 Å². The number of rotatable bonds is 5. The van der Waals surface area contributed by atoms with Gasteiger partial charge in [-0.15, -0.1) is 0 Å². The van der Waals surface area contributed by atoms with Gasteiger partial charge in [0.05, 0.1) is 25.0 Å². The van der Waals surface area contributed by atoms with E-state index >= 15 is 0 Å². The number of fused-ring (bicyclic) bond motifs is 2. The molecule has 3 fully saturated rings. The van der Waals surface area contributed by atoms with Crippen LogP contribution in [-0.2, 0) is 9.47 Å². The maximum absolute atomic E-state index is 12.3. The molecule has 1 saturated carbocycles. The van der Waals surface area contributed by atoms with Gasteiger partial charge in [0.25, 0.3) is 5.91 Å². The van der Waals surface area contributed by atoms with Gasteiger partial charge in [0, 0.05) is 31.2 Å². The number of H-pyrrole nitrogens is 1. The molecule has 3 aliphatic rings. The van der Waals surface area contributed by atoms with Crippen molar-refractivity contribution in [3.8, 4) is 0 Å². The van der Waals surface area contributed by atoms with E-state index in [0.29, 0.717) is 48.7 Å². The van der Waals surface area contributed by atoms with E-state index in [-0.39, 0.29) is 12.0 Å². The Bertz CT molecular complexity index is 912. The fraction of sp³-hybridized carbons (Fsp3) is 0.579. The van der Waals surface area contributed by atoms with Crippen LogP contribution >= 0.6 is 0 Å². The predicted molar refractivity (Wildman–Crippen MR) is 98.6 cm³/mol. The first-order valence-corrected chi connectivity index (χ1v) is 9.65. The van der Waals surface area contributed by atoms with E-state index in [0.717, 1.165) is 24.9 Å². The number of aromatic amines is 1. The first-order valence-electron chi connectivity index (χ1n) is 9.65. The predicted octanol–water partition coefficient (Wildman–Crippen LogP) is 1.18. The molecule has 5 rings (SSSR count). The molecule has 148 valence electrons. The SMILES string of the molecule is CC1(OC(=O)N2C[C@@H]3[C@@H](CCNC(=O)c4cnc5[nH]ncc5c4)[C@@H]3C2)COC1. The molecule has 2 aliphatic heterocycles. The second-order valence-corrected chi connectivity index (χ2v) is 8.28. The molecule has 1 aliphatic carbocycles. The molecule has 2 N–H and O–H groups in total. The highest BCUT2D eigenvalue weighted by molar-refractivity contribution is 5.96. The zero-order chi connectivity index (χ0) is 19.3. The number of hydrogen-bond acceptors (Lipinski definition) is 6. The number of carbonyl (C=O) groups excluding carboxylic acids is 2. The zero-order valence-corrected chi connectivity index (χ0v) is 15.7. The molecule has 0 spiro atoms. The Balaban J connectivity index is 1.05. The number of piperidine rings is 1. The van der Waals surface area contributed by atoms with Gasteiger partial charge in [-0.25, -0.2) is 9.78 Å². The molecular weight excluding hydrogens is 362 g/mol. The van der Waals surface area contributed by atoms with Crippen LogP contribution in [0.2, 0.25) is 0 Å². The summed E-state index contributed by atoms with van der Waals surface area (Å²) in [5, 5.41) is 10.5. The third-order valence-electron chi connectivity index (χ3n) is 6.09. The summed E-state index contributed by atoms with van der Waals surface area (Å²) in [6.45, 7) is 4.98. The molecule has 28 heavy (non-hydrogen) atoms. The number of carbonyl (C=O) groups is 2. The van der Waals surface area contributed by atoms with Gasteiger partial charge in [0.1, 0.15) is 0 Å². The third kappa shape index (κ3) is 3.09. The quantitative estimate of drug-likeness (QED) is 0.800. The monoisotopic (exact) mass is 385 g/mol. The van der Waals surface area contributed by atoms with Crippen molar-refractivity contribution in [1.29, 1.82) is 0 Å². The Kier molecular flexibility index (Phi) is 4.01. The summed E-state index contributed by atoms with van der Waals surface area (Å²) in [5.74, 6) is 1.50. The van der Waals surface area contributed by atoms with Crippen LogP contribution < -0.4 is 5.32 Å². The molecule has 2 aromatic heterocycles. The van der Waals surface area contributed by atoms with Crippen molar-refractivity contribution in [2.45, 2.75) is 18.9 Å². The summed E-state index contributed by atoms with van der Waals surface area (Å²) >= 11 is 0. The minimum atomic E-state index is -0.456. The van der Waals surface area contributed by atoms with Crippen LogP contribution in [0.1, 0.15) is 23.7 Å². The zero-order valence-electron chi connectivity index (χ0n) is 15.7. The van der Waals surface area contributed by atoms with E-state index < -0.39 is 5.60 Å². The maximum Gasteiger partial charge on any atom is 0.410 e. The lowest BCUT2D eigenvalue weighted by molar-refractivity contribution is -0.171. The Hall–Kier alpha value is -2.68. The highest BCUT2D eigenvalue weighted by Crippen LogP contribution is 2.53. The van der Waals surface area contributed by atoms with Crippen molar-refractivity contribution in [2.24, 2.45) is 17.8 Å². The van der Waals surface area contributed by atoms with Gasteiger partial charge in [0.15, 0.2) is 11.2 Å². The first-order chi connectivity index (χ1) is 13.5. The average Bonchev–Trinajstić information content (AvgIpc) is 3.06. The number of pyridine rings is 1. The van der Waals surface area contributed by atoms with Crippen molar-refractivity contribution >= 4 is 23.0 Å². The molecule has 0 aromatic carbocycles. The van der Waals surface area contributed by atoms with Gasteiger partial charge < -0.3 is 19.7 Å². The molecular formula is C19H23N5O4. The fourth-order valence-corrected chi connectivity index (χ4v) is 4.37.